The topological polar surface area (TPSA) is 96.7 Å². The maximum absolute atomic E-state index is 12.5. The van der Waals surface area contributed by atoms with Crippen molar-refractivity contribution < 1.29 is 4.79 Å². The van der Waals surface area contributed by atoms with Gasteiger partial charge in [0.15, 0.2) is 0 Å². The van der Waals surface area contributed by atoms with Gasteiger partial charge >= 0.3 is 0 Å². The van der Waals surface area contributed by atoms with Gasteiger partial charge in [-0.25, -0.2) is 0 Å². The molecule has 3 unspecified atom stereocenters. The Bertz CT molecular complexity index is 863. The van der Waals surface area contributed by atoms with Gasteiger partial charge in [-0.15, -0.1) is 0 Å². The largest absolute Gasteiger partial charge is 0.323 e. The first-order valence-electron chi connectivity index (χ1n) is 8.28. The van der Waals surface area contributed by atoms with Crippen molar-refractivity contribution in [3.05, 3.63) is 66.6 Å². The average Bonchev–Trinajstić information content (AvgIpc) is 3.26. The van der Waals surface area contributed by atoms with E-state index in [0.717, 1.165) is 17.7 Å². The highest BCUT2D eigenvalue weighted by atomic mass is 16.2. The summed E-state index contributed by atoms with van der Waals surface area (Å²) in [6, 6.07) is 13.4. The van der Waals surface area contributed by atoms with Crippen LogP contribution in [-0.2, 0) is 4.79 Å². The van der Waals surface area contributed by atoms with Crippen LogP contribution < -0.4 is 11.1 Å². The lowest BCUT2D eigenvalue weighted by Crippen LogP contribution is -2.37. The summed E-state index contributed by atoms with van der Waals surface area (Å²) in [5.74, 6) is 0.384. The van der Waals surface area contributed by atoms with Crippen molar-refractivity contribution in [3.63, 3.8) is 0 Å². The number of benzene rings is 1. The van der Waals surface area contributed by atoms with Gasteiger partial charge in [-0.3, -0.25) is 14.9 Å². The molecule has 6 nitrogen and oxygen atoms in total. The molecule has 4 N–H and O–H groups in total. The summed E-state index contributed by atoms with van der Waals surface area (Å²) in [5, 5.41) is 9.68. The zero-order chi connectivity index (χ0) is 17.2. The lowest BCUT2D eigenvalue weighted by Gasteiger charge is -2.12. The molecule has 25 heavy (non-hydrogen) atoms. The molecule has 4 rings (SSSR count). The fraction of sp³-hybridized carbons (Fsp3) is 0.211. The van der Waals surface area contributed by atoms with Crippen LogP contribution in [0.1, 0.15) is 17.9 Å². The van der Waals surface area contributed by atoms with E-state index in [0.29, 0.717) is 11.6 Å². The zero-order valence-electron chi connectivity index (χ0n) is 13.6. The molecule has 6 heteroatoms. The summed E-state index contributed by atoms with van der Waals surface area (Å²) in [4.78, 5) is 16.7. The van der Waals surface area contributed by atoms with E-state index < -0.39 is 6.04 Å². The highest BCUT2D eigenvalue weighted by Crippen LogP contribution is 2.49. The van der Waals surface area contributed by atoms with E-state index in [4.69, 9.17) is 5.73 Å². The van der Waals surface area contributed by atoms with Crippen LogP contribution >= 0.6 is 0 Å². The van der Waals surface area contributed by atoms with Gasteiger partial charge in [0.2, 0.25) is 5.91 Å². The van der Waals surface area contributed by atoms with Crippen LogP contribution in [0.4, 0.5) is 5.69 Å². The fourth-order valence-corrected chi connectivity index (χ4v) is 3.19. The van der Waals surface area contributed by atoms with Gasteiger partial charge in [-0.05, 0) is 36.0 Å². The molecule has 0 saturated heterocycles. The van der Waals surface area contributed by atoms with Crippen LogP contribution in [0.15, 0.2) is 61.1 Å². The Morgan fingerprint density at radius 3 is 2.84 bits per heavy atom. The number of nitrogens with two attached hydrogens (primary N) is 1. The molecule has 0 bridgehead atoms. The summed E-state index contributed by atoms with van der Waals surface area (Å²) in [5.41, 5.74) is 9.77. The lowest BCUT2D eigenvalue weighted by atomic mass is 10.1. The highest BCUT2D eigenvalue weighted by Gasteiger charge is 2.45. The van der Waals surface area contributed by atoms with Gasteiger partial charge in [0.05, 0.1) is 23.6 Å². The smallest absolute Gasteiger partial charge is 0.241 e. The van der Waals surface area contributed by atoms with Gasteiger partial charge in [0.25, 0.3) is 0 Å². The predicted molar refractivity (Wildman–Crippen MR) is 95.7 cm³/mol. The summed E-state index contributed by atoms with van der Waals surface area (Å²) in [7, 11) is 0. The Labute approximate surface area is 145 Å². The maximum Gasteiger partial charge on any atom is 0.241 e. The summed E-state index contributed by atoms with van der Waals surface area (Å²) < 4.78 is 0. The first kappa shape index (κ1) is 15.5. The van der Waals surface area contributed by atoms with Crippen LogP contribution in [0.3, 0.4) is 0 Å². The quantitative estimate of drug-likeness (QED) is 0.668. The van der Waals surface area contributed by atoms with Gasteiger partial charge in [0, 0.05) is 18.0 Å². The SMILES string of the molecule is NC(C(=O)Nc1cncc(-c2ccn[nH]2)c1)C1CC1c1ccccc1. The van der Waals surface area contributed by atoms with E-state index in [-0.39, 0.29) is 11.8 Å². The van der Waals surface area contributed by atoms with E-state index in [1.54, 1.807) is 18.6 Å². The fourth-order valence-electron chi connectivity index (χ4n) is 3.19. The summed E-state index contributed by atoms with van der Waals surface area (Å²) in [6.07, 6.45) is 5.96. The first-order chi connectivity index (χ1) is 12.2. The third kappa shape index (κ3) is 3.29. The normalized spacial score (nSPS) is 20.0. The molecule has 1 fully saturated rings. The number of nitrogens with zero attached hydrogens (tertiary/aromatic N) is 2. The van der Waals surface area contributed by atoms with Crippen molar-refractivity contribution in [2.45, 2.75) is 18.4 Å². The van der Waals surface area contributed by atoms with Crippen LogP contribution in [0, 0.1) is 5.92 Å². The van der Waals surface area contributed by atoms with Crippen molar-refractivity contribution in [1.82, 2.24) is 15.2 Å². The van der Waals surface area contributed by atoms with Crippen molar-refractivity contribution in [2.75, 3.05) is 5.32 Å². The standard InChI is InChI=1S/C19H19N5O/c20-18(16-9-15(16)12-4-2-1-3-5-12)19(25)23-14-8-13(10-21-11-14)17-6-7-22-24-17/h1-8,10-11,15-16,18H,9,20H2,(H,22,24)(H,23,25). The van der Waals surface area contributed by atoms with Crippen molar-refractivity contribution in [3.8, 4) is 11.3 Å². The number of hydrogen-bond acceptors (Lipinski definition) is 4. The molecule has 0 radical (unpaired) electrons. The number of carbonyl (C=O) groups excluding carboxylic acids is 1. The number of H-pyrrole nitrogens is 1. The molecule has 1 amide bonds. The predicted octanol–water partition coefficient (Wildman–Crippen LogP) is 2.54. The van der Waals surface area contributed by atoms with Crippen LogP contribution in [0.2, 0.25) is 0 Å². The molecule has 1 saturated carbocycles. The third-order valence-electron chi connectivity index (χ3n) is 4.65. The Hall–Kier alpha value is -2.99. The number of aromatic nitrogens is 3. The molecule has 0 spiro atoms. The van der Waals surface area contributed by atoms with E-state index in [9.17, 15) is 4.79 Å². The van der Waals surface area contributed by atoms with Crippen LogP contribution in [0.5, 0.6) is 0 Å². The number of hydrogen-bond donors (Lipinski definition) is 3. The second-order valence-electron chi connectivity index (χ2n) is 6.36. The molecule has 3 atom stereocenters. The molecule has 1 aliphatic carbocycles. The van der Waals surface area contributed by atoms with E-state index in [2.05, 4.69) is 32.6 Å². The number of rotatable bonds is 5. The zero-order valence-corrected chi connectivity index (χ0v) is 13.6. The summed E-state index contributed by atoms with van der Waals surface area (Å²) in [6.45, 7) is 0. The molecule has 126 valence electrons. The van der Waals surface area contributed by atoms with Gasteiger partial charge in [0.1, 0.15) is 0 Å². The maximum atomic E-state index is 12.5. The van der Waals surface area contributed by atoms with E-state index in [1.807, 2.05) is 30.3 Å². The van der Waals surface area contributed by atoms with Crippen LogP contribution in [0.25, 0.3) is 11.3 Å². The third-order valence-corrected chi connectivity index (χ3v) is 4.65. The Balaban J connectivity index is 1.42. The number of amides is 1. The number of anilines is 1. The first-order valence-corrected chi connectivity index (χ1v) is 8.28. The molecular formula is C19H19N5O. The summed E-state index contributed by atoms with van der Waals surface area (Å²) >= 11 is 0. The number of carbonyl (C=O) groups is 1. The van der Waals surface area contributed by atoms with Crippen molar-refractivity contribution in [2.24, 2.45) is 11.7 Å². The van der Waals surface area contributed by atoms with Crippen molar-refractivity contribution >= 4 is 11.6 Å². The van der Waals surface area contributed by atoms with Gasteiger partial charge < -0.3 is 11.1 Å². The Kier molecular flexibility index (Phi) is 4.03. The molecule has 0 aliphatic heterocycles. The molecule has 2 aromatic heterocycles. The van der Waals surface area contributed by atoms with Gasteiger partial charge in [-0.2, -0.15) is 5.10 Å². The highest BCUT2D eigenvalue weighted by molar-refractivity contribution is 5.95. The number of aromatic amines is 1. The number of pyridine rings is 1. The number of nitrogens with one attached hydrogen (secondary N) is 2. The minimum absolute atomic E-state index is 0.174. The van der Waals surface area contributed by atoms with E-state index >= 15 is 0 Å². The van der Waals surface area contributed by atoms with Gasteiger partial charge in [-0.1, -0.05) is 30.3 Å². The second kappa shape index (κ2) is 6.49. The average molecular weight is 333 g/mol. The molecular weight excluding hydrogens is 314 g/mol. The second-order valence-corrected chi connectivity index (χ2v) is 6.36. The minimum Gasteiger partial charge on any atom is -0.323 e. The molecule has 1 aliphatic rings. The van der Waals surface area contributed by atoms with E-state index in [1.165, 1.54) is 5.56 Å². The molecule has 2 heterocycles. The minimum atomic E-state index is -0.527. The molecule has 3 aromatic rings. The Morgan fingerprint density at radius 2 is 2.08 bits per heavy atom. The van der Waals surface area contributed by atoms with Crippen LogP contribution in [-0.4, -0.2) is 27.1 Å². The monoisotopic (exact) mass is 333 g/mol. The Morgan fingerprint density at radius 1 is 1.24 bits per heavy atom. The molecule has 1 aromatic carbocycles. The van der Waals surface area contributed by atoms with Crippen molar-refractivity contribution in [1.29, 1.82) is 0 Å². The lowest BCUT2D eigenvalue weighted by molar-refractivity contribution is -0.117.